The average molecular weight is 377 g/mol. The van der Waals surface area contributed by atoms with Crippen LogP contribution in [0, 0.1) is 12.3 Å². The van der Waals surface area contributed by atoms with Crippen LogP contribution in [-0.2, 0) is 14.3 Å². The molecule has 0 aliphatic carbocycles. The van der Waals surface area contributed by atoms with E-state index in [1.807, 2.05) is 0 Å². The molecule has 1 heterocycles. The molecule has 25 heavy (non-hydrogen) atoms. The van der Waals surface area contributed by atoms with Crippen LogP contribution in [0.2, 0.25) is 0 Å². The molecule has 0 spiro atoms. The molecule has 0 bridgehead atoms. The summed E-state index contributed by atoms with van der Waals surface area (Å²) < 4.78 is 15.5. The third kappa shape index (κ3) is 4.53. The molecule has 1 aliphatic rings. The van der Waals surface area contributed by atoms with Gasteiger partial charge < -0.3 is 14.2 Å². The van der Waals surface area contributed by atoms with Crippen LogP contribution in [-0.4, -0.2) is 48.5 Å². The predicted octanol–water partition coefficient (Wildman–Crippen LogP) is 2.08. The maximum atomic E-state index is 12.4. The van der Waals surface area contributed by atoms with E-state index in [9.17, 15) is 9.59 Å². The van der Waals surface area contributed by atoms with Gasteiger partial charge in [0.05, 0.1) is 19.1 Å². The van der Waals surface area contributed by atoms with Crippen molar-refractivity contribution in [3.8, 4) is 23.8 Å². The van der Waals surface area contributed by atoms with Gasteiger partial charge in [0.15, 0.2) is 11.5 Å². The molecule has 0 saturated carbocycles. The number of hydrogen-bond acceptors (Lipinski definition) is 7. The number of benzene rings is 1. The largest absolute Gasteiger partial charge is 0.493 e. The van der Waals surface area contributed by atoms with Crippen LogP contribution in [0.4, 0.5) is 0 Å². The summed E-state index contributed by atoms with van der Waals surface area (Å²) in [7, 11) is 2.77. The van der Waals surface area contributed by atoms with Gasteiger partial charge in [0, 0.05) is 0 Å². The van der Waals surface area contributed by atoms with Crippen LogP contribution in [0.5, 0.6) is 11.5 Å². The van der Waals surface area contributed by atoms with Gasteiger partial charge in [-0.1, -0.05) is 36.0 Å². The van der Waals surface area contributed by atoms with E-state index in [-0.39, 0.29) is 19.1 Å². The lowest BCUT2D eigenvalue weighted by Gasteiger charge is -2.12. The molecule has 6 nitrogen and oxygen atoms in total. The lowest BCUT2D eigenvalue weighted by Crippen LogP contribution is -2.33. The molecule has 130 valence electrons. The number of nitrogens with zero attached hydrogens (tertiary/aromatic N) is 1. The lowest BCUT2D eigenvalue weighted by molar-refractivity contribution is -0.143. The van der Waals surface area contributed by atoms with Crippen LogP contribution in [0.1, 0.15) is 5.56 Å². The normalized spacial score (nSPS) is 15.2. The topological polar surface area (TPSA) is 65.1 Å². The zero-order chi connectivity index (χ0) is 18.4. The van der Waals surface area contributed by atoms with E-state index >= 15 is 0 Å². The molecular weight excluding hydrogens is 362 g/mol. The highest BCUT2D eigenvalue weighted by atomic mass is 32.2. The molecular formula is C17H15NO5S2. The summed E-state index contributed by atoms with van der Waals surface area (Å²) in [5, 5.41) is 0. The van der Waals surface area contributed by atoms with Crippen molar-refractivity contribution in [3.05, 3.63) is 28.7 Å². The zero-order valence-corrected chi connectivity index (χ0v) is 15.2. The number of ether oxygens (including phenoxy) is 3. The van der Waals surface area contributed by atoms with Crippen LogP contribution >= 0.6 is 24.0 Å². The second kappa shape index (κ2) is 8.55. The van der Waals surface area contributed by atoms with Gasteiger partial charge in [0.1, 0.15) is 17.5 Å². The fourth-order valence-electron chi connectivity index (χ4n) is 1.99. The molecule has 0 aromatic heterocycles. The highest BCUT2D eigenvalue weighted by Crippen LogP contribution is 2.34. The molecule has 1 aromatic rings. The Hall–Kier alpha value is -2.50. The third-order valence-electron chi connectivity index (χ3n) is 3.18. The summed E-state index contributed by atoms with van der Waals surface area (Å²) in [6, 6.07) is 5.19. The van der Waals surface area contributed by atoms with E-state index in [1.54, 1.807) is 24.3 Å². The maximum Gasteiger partial charge on any atom is 0.325 e. The number of thioether (sulfide) groups is 1. The quantitative estimate of drug-likeness (QED) is 0.325. The van der Waals surface area contributed by atoms with Crippen molar-refractivity contribution in [2.75, 3.05) is 27.4 Å². The van der Waals surface area contributed by atoms with E-state index < -0.39 is 5.97 Å². The van der Waals surface area contributed by atoms with Gasteiger partial charge in [-0.2, -0.15) is 0 Å². The molecule has 0 atom stereocenters. The molecule has 1 saturated heterocycles. The molecule has 8 heteroatoms. The van der Waals surface area contributed by atoms with Crippen molar-refractivity contribution in [2.45, 2.75) is 0 Å². The molecule has 1 aliphatic heterocycles. The first-order chi connectivity index (χ1) is 12.0. The van der Waals surface area contributed by atoms with E-state index in [4.69, 9.17) is 28.1 Å². The van der Waals surface area contributed by atoms with Crippen LogP contribution in [0.3, 0.4) is 0 Å². The third-order valence-corrected chi connectivity index (χ3v) is 4.56. The zero-order valence-electron chi connectivity index (χ0n) is 13.6. The predicted molar refractivity (Wildman–Crippen MR) is 99.2 cm³/mol. The first-order valence-electron chi connectivity index (χ1n) is 7.06. The summed E-state index contributed by atoms with van der Waals surface area (Å²) in [6.45, 7) is -0.0808. The number of esters is 1. The van der Waals surface area contributed by atoms with Gasteiger partial charge in [-0.05, 0) is 23.8 Å². The number of amides is 1. The number of methoxy groups -OCH3 is 2. The van der Waals surface area contributed by atoms with Gasteiger partial charge >= 0.3 is 5.97 Å². The Bertz CT molecular complexity index is 782. The number of hydrogen-bond donors (Lipinski definition) is 0. The van der Waals surface area contributed by atoms with Gasteiger partial charge in [-0.25, -0.2) is 0 Å². The van der Waals surface area contributed by atoms with Gasteiger partial charge in [0.2, 0.25) is 0 Å². The minimum absolute atomic E-state index is 0.127. The highest BCUT2D eigenvalue weighted by Gasteiger charge is 2.33. The summed E-state index contributed by atoms with van der Waals surface area (Å²) in [5.74, 6) is 2.51. The fraction of sp³-hybridized carbons (Fsp3) is 0.235. The Kier molecular flexibility index (Phi) is 6.44. The number of terminal acetylenes is 1. The molecule has 0 radical (unpaired) electrons. The van der Waals surface area contributed by atoms with Crippen molar-refractivity contribution in [1.29, 1.82) is 0 Å². The van der Waals surface area contributed by atoms with E-state index in [2.05, 4.69) is 10.7 Å². The van der Waals surface area contributed by atoms with Gasteiger partial charge in [-0.15, -0.1) is 6.42 Å². The smallest absolute Gasteiger partial charge is 0.325 e. The Morgan fingerprint density at radius 3 is 2.80 bits per heavy atom. The summed E-state index contributed by atoms with van der Waals surface area (Å²) >= 11 is 6.27. The van der Waals surface area contributed by atoms with E-state index in [0.29, 0.717) is 20.7 Å². The minimum atomic E-state index is -0.533. The average Bonchev–Trinajstić information content (AvgIpc) is 2.87. The Balaban J connectivity index is 2.23. The number of carbonyl (C=O) groups is 2. The van der Waals surface area contributed by atoms with Crippen LogP contribution in [0.25, 0.3) is 6.08 Å². The van der Waals surface area contributed by atoms with E-state index in [1.165, 1.54) is 19.1 Å². The standard InChI is InChI=1S/C17H15NO5S2/c1-4-7-23-12-6-5-11(8-13(12)21-2)9-14-16(20)18(17(24)25-14)10-15(19)22-3/h1,5-6,8-9H,7,10H2,2-3H3/b14-9-. The minimum Gasteiger partial charge on any atom is -0.493 e. The second-order valence-electron chi connectivity index (χ2n) is 4.75. The van der Waals surface area contributed by atoms with Crippen LogP contribution in [0.15, 0.2) is 23.1 Å². The Labute approximate surface area is 155 Å². The van der Waals surface area contributed by atoms with Crippen molar-refractivity contribution >= 4 is 46.3 Å². The molecule has 1 aromatic carbocycles. The van der Waals surface area contributed by atoms with Gasteiger partial charge in [-0.3, -0.25) is 14.5 Å². The molecule has 1 amide bonds. The number of rotatable bonds is 6. The van der Waals surface area contributed by atoms with Crippen molar-refractivity contribution in [3.63, 3.8) is 0 Å². The Morgan fingerprint density at radius 2 is 2.16 bits per heavy atom. The summed E-state index contributed by atoms with van der Waals surface area (Å²) in [4.78, 5) is 25.4. The Morgan fingerprint density at radius 1 is 1.40 bits per heavy atom. The number of carbonyl (C=O) groups excluding carboxylic acids is 2. The number of thiocarbonyl (C=S) groups is 1. The van der Waals surface area contributed by atoms with Crippen molar-refractivity contribution in [2.24, 2.45) is 0 Å². The van der Waals surface area contributed by atoms with Crippen molar-refractivity contribution < 1.29 is 23.8 Å². The first-order valence-corrected chi connectivity index (χ1v) is 8.29. The summed E-state index contributed by atoms with van der Waals surface area (Å²) in [6.07, 6.45) is 6.85. The van der Waals surface area contributed by atoms with Gasteiger partial charge in [0.25, 0.3) is 5.91 Å². The lowest BCUT2D eigenvalue weighted by atomic mass is 10.2. The molecule has 0 N–H and O–H groups in total. The van der Waals surface area contributed by atoms with Crippen molar-refractivity contribution in [1.82, 2.24) is 4.90 Å². The fourth-order valence-corrected chi connectivity index (χ4v) is 3.25. The first kappa shape index (κ1) is 18.8. The molecule has 2 rings (SSSR count). The molecule has 0 unspecified atom stereocenters. The maximum absolute atomic E-state index is 12.4. The highest BCUT2D eigenvalue weighted by molar-refractivity contribution is 8.26. The molecule has 1 fully saturated rings. The monoisotopic (exact) mass is 377 g/mol. The summed E-state index contributed by atoms with van der Waals surface area (Å²) in [5.41, 5.74) is 0.725. The van der Waals surface area contributed by atoms with E-state index in [0.717, 1.165) is 17.3 Å². The second-order valence-corrected chi connectivity index (χ2v) is 6.42. The SMILES string of the molecule is C#CCOc1ccc(/C=C2\SC(=S)N(CC(=O)OC)C2=O)cc1OC. The van der Waals surface area contributed by atoms with Crippen LogP contribution < -0.4 is 9.47 Å².